The molecule has 1 spiro atoms. The Kier molecular flexibility index (Phi) is 4.96. The van der Waals surface area contributed by atoms with Crippen molar-refractivity contribution >= 4 is 6.09 Å². The van der Waals surface area contributed by atoms with Gasteiger partial charge in [-0.1, -0.05) is 37.3 Å². The quantitative estimate of drug-likeness (QED) is 0.746. The Morgan fingerprint density at radius 3 is 2.87 bits per heavy atom. The predicted molar refractivity (Wildman–Crippen MR) is 117 cm³/mol. The first kappa shape index (κ1) is 19.5. The standard InChI is InChI=1S/C26H31NO3/c1-17(18-4-3-5-24(14-18)29-2)19-6-7-21-13-22(9-8-20(21)12-19)23-10-11-26(15-23)16-30-25(28)27-26/h3-5,8-9,13-14,17,19,23H,6-7,10-12,15-16H2,1-2H3,(H,27,28)/t17?,19?,23-,26+/m0/s1. The molecule has 4 atom stereocenters. The number of hydrogen-bond donors (Lipinski definition) is 1. The minimum Gasteiger partial charge on any atom is -0.497 e. The van der Waals surface area contributed by atoms with Crippen LogP contribution < -0.4 is 10.1 Å². The molecule has 4 nitrogen and oxygen atoms in total. The zero-order chi connectivity index (χ0) is 20.7. The molecule has 1 N–H and O–H groups in total. The summed E-state index contributed by atoms with van der Waals surface area (Å²) in [5.74, 6) is 2.65. The van der Waals surface area contributed by atoms with Crippen LogP contribution in [0, 0.1) is 5.92 Å². The highest BCUT2D eigenvalue weighted by molar-refractivity contribution is 5.70. The summed E-state index contributed by atoms with van der Waals surface area (Å²) in [7, 11) is 1.73. The van der Waals surface area contributed by atoms with Crippen LogP contribution in [-0.4, -0.2) is 25.3 Å². The van der Waals surface area contributed by atoms with Gasteiger partial charge in [0.15, 0.2) is 0 Å². The van der Waals surface area contributed by atoms with Crippen LogP contribution in [0.15, 0.2) is 42.5 Å². The third-order valence-corrected chi connectivity index (χ3v) is 7.75. The number of amides is 1. The normalized spacial score (nSPS) is 28.7. The summed E-state index contributed by atoms with van der Waals surface area (Å²) in [5.41, 5.74) is 5.71. The highest BCUT2D eigenvalue weighted by Gasteiger charge is 2.46. The molecule has 2 aromatic carbocycles. The van der Waals surface area contributed by atoms with Gasteiger partial charge in [-0.05, 0) is 90.7 Å². The van der Waals surface area contributed by atoms with Crippen LogP contribution in [0.2, 0.25) is 0 Å². The number of aryl methyl sites for hydroxylation is 1. The lowest BCUT2D eigenvalue weighted by Gasteiger charge is -2.30. The molecular formula is C26H31NO3. The van der Waals surface area contributed by atoms with E-state index >= 15 is 0 Å². The number of carbonyl (C=O) groups excluding carboxylic acids is 1. The number of methoxy groups -OCH3 is 1. The first-order valence-electron chi connectivity index (χ1n) is 11.3. The second-order valence-corrected chi connectivity index (χ2v) is 9.52. The van der Waals surface area contributed by atoms with E-state index in [0.717, 1.165) is 37.9 Å². The summed E-state index contributed by atoms with van der Waals surface area (Å²) >= 11 is 0. The fourth-order valence-electron chi connectivity index (χ4n) is 5.83. The lowest BCUT2D eigenvalue weighted by atomic mass is 9.74. The fraction of sp³-hybridized carbons (Fsp3) is 0.500. The van der Waals surface area contributed by atoms with Crippen LogP contribution in [-0.2, 0) is 17.6 Å². The summed E-state index contributed by atoms with van der Waals surface area (Å²) in [4.78, 5) is 11.5. The highest BCUT2D eigenvalue weighted by Crippen LogP contribution is 2.44. The number of cyclic esters (lactones) is 1. The van der Waals surface area contributed by atoms with Crippen LogP contribution in [0.5, 0.6) is 5.75 Å². The molecule has 2 aliphatic carbocycles. The van der Waals surface area contributed by atoms with Gasteiger partial charge in [0.1, 0.15) is 12.4 Å². The van der Waals surface area contributed by atoms with Crippen LogP contribution in [0.4, 0.5) is 4.79 Å². The number of hydrogen-bond acceptors (Lipinski definition) is 3. The lowest BCUT2D eigenvalue weighted by Crippen LogP contribution is -2.40. The number of alkyl carbamates (subject to hydrolysis) is 1. The van der Waals surface area contributed by atoms with Crippen molar-refractivity contribution in [3.8, 4) is 5.75 Å². The summed E-state index contributed by atoms with van der Waals surface area (Å²) in [6.45, 7) is 2.88. The number of rotatable bonds is 4. The first-order chi connectivity index (χ1) is 14.5. The molecule has 3 aliphatic rings. The molecule has 1 heterocycles. The molecule has 0 bridgehead atoms. The third-order valence-electron chi connectivity index (χ3n) is 7.75. The Hall–Kier alpha value is -2.49. The summed E-state index contributed by atoms with van der Waals surface area (Å²) in [6, 6.07) is 15.7. The van der Waals surface area contributed by atoms with Gasteiger partial charge in [0.25, 0.3) is 0 Å². The van der Waals surface area contributed by atoms with E-state index in [1.165, 1.54) is 28.7 Å². The molecule has 1 saturated carbocycles. The molecule has 158 valence electrons. The monoisotopic (exact) mass is 405 g/mol. The Balaban J connectivity index is 1.29. The maximum atomic E-state index is 11.5. The van der Waals surface area contributed by atoms with Crippen LogP contribution in [0.1, 0.15) is 66.7 Å². The van der Waals surface area contributed by atoms with Gasteiger partial charge in [-0.2, -0.15) is 0 Å². The zero-order valence-electron chi connectivity index (χ0n) is 17.9. The van der Waals surface area contributed by atoms with Crippen molar-refractivity contribution in [3.05, 3.63) is 64.7 Å². The minimum absolute atomic E-state index is 0.130. The van der Waals surface area contributed by atoms with Crippen LogP contribution in [0.3, 0.4) is 0 Å². The smallest absolute Gasteiger partial charge is 0.407 e. The average molecular weight is 406 g/mol. The second kappa shape index (κ2) is 7.64. The van der Waals surface area contributed by atoms with Crippen molar-refractivity contribution in [2.45, 2.75) is 62.8 Å². The molecule has 0 aromatic heterocycles. The molecule has 5 rings (SSSR count). The molecule has 2 fully saturated rings. The maximum Gasteiger partial charge on any atom is 0.407 e. The number of fused-ring (bicyclic) bond motifs is 1. The first-order valence-corrected chi connectivity index (χ1v) is 11.3. The Labute approximate surface area is 179 Å². The average Bonchev–Trinajstić information content (AvgIpc) is 3.37. The molecule has 1 amide bonds. The topological polar surface area (TPSA) is 47.6 Å². The summed E-state index contributed by atoms with van der Waals surface area (Å²) in [6.07, 6.45) is 6.41. The highest BCUT2D eigenvalue weighted by atomic mass is 16.6. The molecule has 2 aromatic rings. The molecule has 2 unspecified atom stereocenters. The van der Waals surface area contributed by atoms with Gasteiger partial charge in [-0.25, -0.2) is 4.79 Å². The molecule has 30 heavy (non-hydrogen) atoms. The van der Waals surface area contributed by atoms with Crippen molar-refractivity contribution in [2.24, 2.45) is 5.92 Å². The Morgan fingerprint density at radius 1 is 1.17 bits per heavy atom. The molecule has 1 saturated heterocycles. The third kappa shape index (κ3) is 3.57. The SMILES string of the molecule is COc1cccc(C(C)C2CCc3cc([C@H]4CC[C@]5(COC(=O)N5)C4)ccc3C2)c1. The number of nitrogens with one attached hydrogen (secondary N) is 1. The number of ether oxygens (including phenoxy) is 2. The van der Waals surface area contributed by atoms with Crippen LogP contribution in [0.25, 0.3) is 0 Å². The van der Waals surface area contributed by atoms with E-state index in [4.69, 9.17) is 9.47 Å². The van der Waals surface area contributed by atoms with Gasteiger partial charge >= 0.3 is 6.09 Å². The maximum absolute atomic E-state index is 11.5. The lowest BCUT2D eigenvalue weighted by molar-refractivity contribution is 0.172. The van der Waals surface area contributed by atoms with Gasteiger partial charge in [-0.3, -0.25) is 0 Å². The molecule has 0 radical (unpaired) electrons. The van der Waals surface area contributed by atoms with E-state index < -0.39 is 0 Å². The Morgan fingerprint density at radius 2 is 2.07 bits per heavy atom. The Bertz CT molecular complexity index is 955. The molecule has 4 heteroatoms. The zero-order valence-corrected chi connectivity index (χ0v) is 17.9. The van der Waals surface area contributed by atoms with Gasteiger partial charge in [0.2, 0.25) is 0 Å². The van der Waals surface area contributed by atoms with E-state index in [0.29, 0.717) is 24.4 Å². The predicted octanol–water partition coefficient (Wildman–Crippen LogP) is 5.35. The van der Waals surface area contributed by atoms with E-state index in [1.807, 2.05) is 6.07 Å². The number of carbonyl (C=O) groups is 1. The fourth-order valence-corrected chi connectivity index (χ4v) is 5.83. The van der Waals surface area contributed by atoms with Gasteiger partial charge in [0, 0.05) is 0 Å². The van der Waals surface area contributed by atoms with E-state index in [1.54, 1.807) is 7.11 Å². The van der Waals surface area contributed by atoms with E-state index in [2.05, 4.69) is 48.6 Å². The second-order valence-electron chi connectivity index (χ2n) is 9.52. The summed E-state index contributed by atoms with van der Waals surface area (Å²) in [5, 5.41) is 3.06. The van der Waals surface area contributed by atoms with Crippen molar-refractivity contribution in [3.63, 3.8) is 0 Å². The van der Waals surface area contributed by atoms with Crippen molar-refractivity contribution in [1.82, 2.24) is 5.32 Å². The van der Waals surface area contributed by atoms with Gasteiger partial charge in [0.05, 0.1) is 12.6 Å². The van der Waals surface area contributed by atoms with Gasteiger partial charge < -0.3 is 14.8 Å². The molecule has 1 aliphatic heterocycles. The largest absolute Gasteiger partial charge is 0.497 e. The number of benzene rings is 2. The van der Waals surface area contributed by atoms with Crippen molar-refractivity contribution < 1.29 is 14.3 Å². The molecular weight excluding hydrogens is 374 g/mol. The summed E-state index contributed by atoms with van der Waals surface area (Å²) < 4.78 is 10.6. The van der Waals surface area contributed by atoms with E-state index in [-0.39, 0.29) is 11.6 Å². The van der Waals surface area contributed by atoms with Crippen LogP contribution >= 0.6 is 0 Å². The minimum atomic E-state index is -0.253. The van der Waals surface area contributed by atoms with Crippen molar-refractivity contribution in [1.29, 1.82) is 0 Å². The van der Waals surface area contributed by atoms with Gasteiger partial charge in [-0.15, -0.1) is 0 Å². The van der Waals surface area contributed by atoms with Crippen molar-refractivity contribution in [2.75, 3.05) is 13.7 Å². The van der Waals surface area contributed by atoms with E-state index in [9.17, 15) is 4.79 Å².